The first-order chi connectivity index (χ1) is 9.61. The molecule has 1 saturated heterocycles. The zero-order chi connectivity index (χ0) is 14.5. The lowest BCUT2D eigenvalue weighted by Crippen LogP contribution is -2.43. The average Bonchev–Trinajstić information content (AvgIpc) is 2.42. The van der Waals surface area contributed by atoms with E-state index in [1.807, 2.05) is 12.1 Å². The Kier molecular flexibility index (Phi) is 5.17. The van der Waals surface area contributed by atoms with Gasteiger partial charge in [0.25, 0.3) is 0 Å². The van der Waals surface area contributed by atoms with Crippen LogP contribution in [0, 0.1) is 17.7 Å². The Morgan fingerprint density at radius 1 is 1.30 bits per heavy atom. The summed E-state index contributed by atoms with van der Waals surface area (Å²) < 4.78 is 14.1. The summed E-state index contributed by atoms with van der Waals surface area (Å²) in [5, 5.41) is 8.65. The van der Waals surface area contributed by atoms with Crippen LogP contribution in [0.4, 0.5) is 4.39 Å². The molecular formula is C17H22FNO. The van der Waals surface area contributed by atoms with Gasteiger partial charge in [0.15, 0.2) is 0 Å². The molecule has 0 amide bonds. The standard InChI is InChI=1S/C17H22FNO/c1-13-5-3-6-14(2)19(13)12-16-9-8-15(7-4-10-20)11-17(16)18/h8-9,11,13-14,20H,3,5-6,10,12H2,1-2H3/t13-,14+. The summed E-state index contributed by atoms with van der Waals surface area (Å²) in [6, 6.07) is 6.10. The maximum absolute atomic E-state index is 14.1. The minimum Gasteiger partial charge on any atom is -0.384 e. The van der Waals surface area contributed by atoms with E-state index in [-0.39, 0.29) is 12.4 Å². The van der Waals surface area contributed by atoms with Crippen molar-refractivity contribution in [1.29, 1.82) is 0 Å². The van der Waals surface area contributed by atoms with Gasteiger partial charge in [-0.25, -0.2) is 4.39 Å². The van der Waals surface area contributed by atoms with E-state index in [9.17, 15) is 4.39 Å². The van der Waals surface area contributed by atoms with E-state index in [1.165, 1.54) is 25.3 Å². The lowest BCUT2D eigenvalue weighted by atomic mass is 9.96. The van der Waals surface area contributed by atoms with Crippen molar-refractivity contribution in [1.82, 2.24) is 4.90 Å². The van der Waals surface area contributed by atoms with Gasteiger partial charge in [-0.05, 0) is 38.8 Å². The van der Waals surface area contributed by atoms with Crippen LogP contribution in [-0.2, 0) is 6.54 Å². The Bertz CT molecular complexity index is 507. The third-order valence-corrected chi connectivity index (χ3v) is 4.09. The molecule has 0 saturated carbocycles. The van der Waals surface area contributed by atoms with Crippen LogP contribution in [0.5, 0.6) is 0 Å². The van der Waals surface area contributed by atoms with Crippen molar-refractivity contribution in [3.8, 4) is 11.8 Å². The highest BCUT2D eigenvalue weighted by Gasteiger charge is 2.25. The van der Waals surface area contributed by atoms with Crippen molar-refractivity contribution in [3.05, 3.63) is 35.1 Å². The molecule has 1 fully saturated rings. The Balaban J connectivity index is 2.13. The maximum atomic E-state index is 14.1. The molecule has 0 unspecified atom stereocenters. The fourth-order valence-electron chi connectivity index (χ4n) is 2.88. The van der Waals surface area contributed by atoms with E-state index in [0.717, 1.165) is 5.56 Å². The van der Waals surface area contributed by atoms with Gasteiger partial charge in [-0.15, -0.1) is 0 Å². The molecule has 1 N–H and O–H groups in total. The lowest BCUT2D eigenvalue weighted by Gasteiger charge is -2.39. The third-order valence-electron chi connectivity index (χ3n) is 4.09. The summed E-state index contributed by atoms with van der Waals surface area (Å²) in [6.07, 6.45) is 3.63. The molecule has 0 radical (unpaired) electrons. The number of nitrogens with zero attached hydrogens (tertiary/aromatic N) is 1. The molecular weight excluding hydrogens is 253 g/mol. The Morgan fingerprint density at radius 2 is 2.00 bits per heavy atom. The lowest BCUT2D eigenvalue weighted by molar-refractivity contribution is 0.0940. The number of hydrogen-bond donors (Lipinski definition) is 1. The highest BCUT2D eigenvalue weighted by Crippen LogP contribution is 2.25. The number of benzene rings is 1. The predicted octanol–water partition coefficient (Wildman–Crippen LogP) is 2.93. The number of hydrogen-bond acceptors (Lipinski definition) is 2. The van der Waals surface area contributed by atoms with Gasteiger partial charge in [-0.2, -0.15) is 0 Å². The van der Waals surface area contributed by atoms with Crippen molar-refractivity contribution in [2.24, 2.45) is 0 Å². The van der Waals surface area contributed by atoms with Gasteiger partial charge in [0.1, 0.15) is 12.4 Å². The number of aliphatic hydroxyl groups excluding tert-OH is 1. The number of likely N-dealkylation sites (tertiary alicyclic amines) is 1. The van der Waals surface area contributed by atoms with Gasteiger partial charge >= 0.3 is 0 Å². The number of rotatable bonds is 2. The Morgan fingerprint density at radius 3 is 2.60 bits per heavy atom. The van der Waals surface area contributed by atoms with Gasteiger partial charge in [0.2, 0.25) is 0 Å². The summed E-state index contributed by atoms with van der Waals surface area (Å²) in [4.78, 5) is 2.38. The normalized spacial score (nSPS) is 23.2. The molecule has 0 bridgehead atoms. The van der Waals surface area contributed by atoms with Crippen LogP contribution in [-0.4, -0.2) is 28.7 Å². The van der Waals surface area contributed by atoms with E-state index >= 15 is 0 Å². The topological polar surface area (TPSA) is 23.5 Å². The van der Waals surface area contributed by atoms with Gasteiger partial charge < -0.3 is 5.11 Å². The summed E-state index contributed by atoms with van der Waals surface area (Å²) in [5.41, 5.74) is 1.33. The van der Waals surface area contributed by atoms with Crippen LogP contribution < -0.4 is 0 Å². The van der Waals surface area contributed by atoms with Gasteiger partial charge in [-0.1, -0.05) is 24.3 Å². The van der Waals surface area contributed by atoms with Crippen molar-refractivity contribution in [2.45, 2.75) is 51.7 Å². The van der Waals surface area contributed by atoms with E-state index < -0.39 is 0 Å². The highest BCUT2D eigenvalue weighted by atomic mass is 19.1. The quantitative estimate of drug-likeness (QED) is 0.839. The molecule has 1 aromatic rings. The molecule has 1 heterocycles. The fourth-order valence-corrected chi connectivity index (χ4v) is 2.88. The molecule has 1 aromatic carbocycles. The molecule has 0 spiro atoms. The second-order valence-corrected chi connectivity index (χ2v) is 5.57. The number of halogens is 1. The second kappa shape index (κ2) is 6.88. The molecule has 2 rings (SSSR count). The van der Waals surface area contributed by atoms with Gasteiger partial charge in [0.05, 0.1) is 0 Å². The molecule has 0 aromatic heterocycles. The summed E-state index contributed by atoms with van der Waals surface area (Å²) >= 11 is 0. The second-order valence-electron chi connectivity index (χ2n) is 5.57. The van der Waals surface area contributed by atoms with Crippen LogP contribution in [0.1, 0.15) is 44.2 Å². The van der Waals surface area contributed by atoms with Gasteiger partial charge in [0, 0.05) is 29.8 Å². The molecule has 1 aliphatic rings. The molecule has 2 nitrogen and oxygen atoms in total. The zero-order valence-electron chi connectivity index (χ0n) is 12.2. The first-order valence-corrected chi connectivity index (χ1v) is 7.25. The van der Waals surface area contributed by atoms with Crippen LogP contribution in [0.25, 0.3) is 0 Å². The van der Waals surface area contributed by atoms with E-state index in [4.69, 9.17) is 5.11 Å². The summed E-state index contributed by atoms with van der Waals surface area (Å²) in [5.74, 6) is 5.06. The molecule has 0 aliphatic carbocycles. The molecule has 2 atom stereocenters. The molecule has 20 heavy (non-hydrogen) atoms. The smallest absolute Gasteiger partial charge is 0.128 e. The maximum Gasteiger partial charge on any atom is 0.128 e. The van der Waals surface area contributed by atoms with Crippen LogP contribution >= 0.6 is 0 Å². The SMILES string of the molecule is C[C@@H]1CCC[C@H](C)N1Cc1ccc(C#CCO)cc1F. The number of piperidine rings is 1. The first kappa shape index (κ1) is 15.0. The van der Waals surface area contributed by atoms with E-state index in [1.54, 1.807) is 0 Å². The van der Waals surface area contributed by atoms with Crippen molar-refractivity contribution >= 4 is 0 Å². The first-order valence-electron chi connectivity index (χ1n) is 7.25. The van der Waals surface area contributed by atoms with Crippen molar-refractivity contribution in [2.75, 3.05) is 6.61 Å². The highest BCUT2D eigenvalue weighted by molar-refractivity contribution is 5.37. The molecule has 108 valence electrons. The summed E-state index contributed by atoms with van der Waals surface area (Å²) in [7, 11) is 0. The third kappa shape index (κ3) is 3.59. The van der Waals surface area contributed by atoms with Crippen LogP contribution in [0.2, 0.25) is 0 Å². The Hall–Kier alpha value is -1.37. The predicted molar refractivity (Wildman–Crippen MR) is 78.7 cm³/mol. The molecule has 3 heteroatoms. The van der Waals surface area contributed by atoms with Crippen LogP contribution in [0.3, 0.4) is 0 Å². The van der Waals surface area contributed by atoms with Crippen molar-refractivity contribution < 1.29 is 9.50 Å². The average molecular weight is 275 g/mol. The monoisotopic (exact) mass is 275 g/mol. The number of aliphatic hydroxyl groups is 1. The fraction of sp³-hybridized carbons (Fsp3) is 0.529. The van der Waals surface area contributed by atoms with Gasteiger partial charge in [-0.3, -0.25) is 4.90 Å². The molecule has 1 aliphatic heterocycles. The van der Waals surface area contributed by atoms with E-state index in [2.05, 4.69) is 30.6 Å². The minimum atomic E-state index is -0.209. The van der Waals surface area contributed by atoms with Crippen molar-refractivity contribution in [3.63, 3.8) is 0 Å². The zero-order valence-corrected chi connectivity index (χ0v) is 12.2. The minimum absolute atomic E-state index is 0.202. The van der Waals surface area contributed by atoms with Crippen LogP contribution in [0.15, 0.2) is 18.2 Å². The largest absolute Gasteiger partial charge is 0.384 e. The van der Waals surface area contributed by atoms with E-state index in [0.29, 0.717) is 24.2 Å². The summed E-state index contributed by atoms with van der Waals surface area (Å²) in [6.45, 7) is 4.89. The Labute approximate surface area is 120 Å².